The van der Waals surface area contributed by atoms with Gasteiger partial charge in [-0.05, 0) is 11.6 Å². The van der Waals surface area contributed by atoms with E-state index in [2.05, 4.69) is 4.98 Å². The summed E-state index contributed by atoms with van der Waals surface area (Å²) in [6.07, 6.45) is 6.19. The van der Waals surface area contributed by atoms with E-state index in [9.17, 15) is 4.79 Å². The number of thiazole rings is 1. The zero-order valence-electron chi connectivity index (χ0n) is 11.1. The van der Waals surface area contributed by atoms with Crippen molar-refractivity contribution in [1.29, 1.82) is 0 Å². The average Bonchev–Trinajstić information content (AvgIpc) is 3.13. The second-order valence-electron chi connectivity index (χ2n) is 4.89. The molecule has 1 aromatic carbocycles. The molecule has 0 saturated heterocycles. The first-order chi connectivity index (χ1) is 10.3. The highest BCUT2D eigenvalue weighted by atomic mass is 32.1. The Kier molecular flexibility index (Phi) is 2.86. The Morgan fingerprint density at radius 3 is 3.05 bits per heavy atom. The minimum atomic E-state index is -0.127. The van der Waals surface area contributed by atoms with Crippen LogP contribution >= 0.6 is 11.3 Å². The van der Waals surface area contributed by atoms with Crippen molar-refractivity contribution in [3.63, 3.8) is 0 Å². The Morgan fingerprint density at radius 2 is 2.19 bits per heavy atom. The molecule has 0 aliphatic carbocycles. The van der Waals surface area contributed by atoms with Crippen molar-refractivity contribution in [2.75, 3.05) is 0 Å². The predicted molar refractivity (Wildman–Crippen MR) is 82.9 cm³/mol. The largest absolute Gasteiger partial charge is 0.469 e. The van der Waals surface area contributed by atoms with Crippen LogP contribution in [0.3, 0.4) is 0 Å². The quantitative estimate of drug-likeness (QED) is 0.730. The molecule has 4 nitrogen and oxygen atoms in total. The fourth-order valence-electron chi connectivity index (χ4n) is 2.45. The second-order valence-corrected chi connectivity index (χ2v) is 5.76. The monoisotopic (exact) mass is 296 g/mol. The van der Waals surface area contributed by atoms with Gasteiger partial charge in [0.15, 0.2) is 4.96 Å². The predicted octanol–water partition coefficient (Wildman–Crippen LogP) is 2.77. The van der Waals surface area contributed by atoms with Crippen LogP contribution in [0.4, 0.5) is 0 Å². The minimum absolute atomic E-state index is 0.0214. The van der Waals surface area contributed by atoms with E-state index in [1.54, 1.807) is 10.6 Å². The van der Waals surface area contributed by atoms with Gasteiger partial charge >= 0.3 is 0 Å². The van der Waals surface area contributed by atoms with E-state index in [4.69, 9.17) is 4.74 Å². The molecule has 104 valence electrons. The molecular formula is C16H12N2O2S. The topological polar surface area (TPSA) is 43.6 Å². The molecule has 1 aliphatic heterocycles. The van der Waals surface area contributed by atoms with E-state index >= 15 is 0 Å². The van der Waals surface area contributed by atoms with Crippen LogP contribution in [0.15, 0.2) is 52.8 Å². The van der Waals surface area contributed by atoms with Crippen molar-refractivity contribution in [3.05, 3.63) is 69.5 Å². The molecule has 0 amide bonds. The molecule has 5 heteroatoms. The number of hydrogen-bond donors (Lipinski definition) is 0. The van der Waals surface area contributed by atoms with Crippen LogP contribution in [0.2, 0.25) is 0 Å². The zero-order valence-corrected chi connectivity index (χ0v) is 11.9. The lowest BCUT2D eigenvalue weighted by Crippen LogP contribution is -2.16. The second kappa shape index (κ2) is 4.86. The van der Waals surface area contributed by atoms with Crippen LogP contribution in [-0.2, 0) is 6.42 Å². The number of hydrogen-bond acceptors (Lipinski definition) is 4. The molecule has 0 saturated carbocycles. The normalized spacial score (nSPS) is 17.2. The maximum Gasteiger partial charge on any atom is 0.265 e. The summed E-state index contributed by atoms with van der Waals surface area (Å²) < 4.78 is 7.36. The van der Waals surface area contributed by atoms with E-state index in [1.165, 1.54) is 11.3 Å². The van der Waals surface area contributed by atoms with Crippen molar-refractivity contribution in [2.24, 2.45) is 0 Å². The van der Waals surface area contributed by atoms with E-state index in [-0.39, 0.29) is 11.7 Å². The van der Waals surface area contributed by atoms with Crippen molar-refractivity contribution in [3.8, 4) is 5.88 Å². The van der Waals surface area contributed by atoms with Gasteiger partial charge < -0.3 is 4.74 Å². The van der Waals surface area contributed by atoms with Gasteiger partial charge in [-0.2, -0.15) is 4.98 Å². The molecule has 0 N–H and O–H groups in total. The Morgan fingerprint density at radius 1 is 1.33 bits per heavy atom. The van der Waals surface area contributed by atoms with Crippen LogP contribution in [0, 0.1) is 0 Å². The first kappa shape index (κ1) is 12.3. The van der Waals surface area contributed by atoms with E-state index < -0.39 is 0 Å². The van der Waals surface area contributed by atoms with Gasteiger partial charge in [0.2, 0.25) is 5.88 Å². The van der Waals surface area contributed by atoms with Gasteiger partial charge in [-0.25, -0.2) is 0 Å². The summed E-state index contributed by atoms with van der Waals surface area (Å²) in [5, 5.41) is 1.85. The summed E-state index contributed by atoms with van der Waals surface area (Å²) in [4.78, 5) is 17.4. The third-order valence-electron chi connectivity index (χ3n) is 3.49. The molecule has 1 unspecified atom stereocenters. The Hall–Kier alpha value is -2.40. The summed E-state index contributed by atoms with van der Waals surface area (Å²) >= 11 is 1.43. The third kappa shape index (κ3) is 2.15. The van der Waals surface area contributed by atoms with E-state index in [0.29, 0.717) is 22.8 Å². The van der Waals surface area contributed by atoms with Gasteiger partial charge in [-0.1, -0.05) is 36.4 Å². The molecule has 0 bridgehead atoms. The van der Waals surface area contributed by atoms with Crippen molar-refractivity contribution >= 4 is 22.4 Å². The molecular weight excluding hydrogens is 284 g/mol. The highest BCUT2D eigenvalue weighted by molar-refractivity contribution is 7.15. The van der Waals surface area contributed by atoms with Gasteiger partial charge in [0.05, 0.1) is 5.56 Å². The minimum Gasteiger partial charge on any atom is -0.469 e. The maximum atomic E-state index is 12.3. The highest BCUT2D eigenvalue weighted by Crippen LogP contribution is 2.26. The molecule has 1 atom stereocenters. The Bertz CT molecular complexity index is 880. The molecule has 2 aromatic heterocycles. The Labute approximate surface area is 125 Å². The molecule has 21 heavy (non-hydrogen) atoms. The number of fused-ring (bicyclic) bond motifs is 2. The van der Waals surface area contributed by atoms with Crippen LogP contribution in [0.5, 0.6) is 5.88 Å². The first-order valence-electron chi connectivity index (χ1n) is 6.70. The summed E-state index contributed by atoms with van der Waals surface area (Å²) in [6, 6.07) is 10.0. The van der Waals surface area contributed by atoms with Gasteiger partial charge in [0.1, 0.15) is 6.10 Å². The van der Waals surface area contributed by atoms with Crippen molar-refractivity contribution in [1.82, 2.24) is 9.38 Å². The molecule has 0 radical (unpaired) electrons. The number of aromatic nitrogens is 2. The maximum absolute atomic E-state index is 12.3. The summed E-state index contributed by atoms with van der Waals surface area (Å²) in [5.74, 6) is 0.477. The van der Waals surface area contributed by atoms with Gasteiger partial charge in [-0.3, -0.25) is 9.20 Å². The summed E-state index contributed by atoms with van der Waals surface area (Å²) in [5.41, 5.74) is 1.75. The number of rotatable bonds is 2. The SMILES string of the molecule is O=c1c2c(nc3sccn13)OC(/C=C/c1ccccc1)C2. The first-order valence-corrected chi connectivity index (χ1v) is 7.58. The highest BCUT2D eigenvalue weighted by Gasteiger charge is 2.26. The van der Waals surface area contributed by atoms with Crippen LogP contribution in [0.1, 0.15) is 11.1 Å². The number of benzene rings is 1. The third-order valence-corrected chi connectivity index (χ3v) is 4.25. The lowest BCUT2D eigenvalue weighted by atomic mass is 10.1. The molecule has 1 aliphatic rings. The van der Waals surface area contributed by atoms with Gasteiger partial charge in [0.25, 0.3) is 5.56 Å². The lowest BCUT2D eigenvalue weighted by molar-refractivity contribution is 0.275. The van der Waals surface area contributed by atoms with Gasteiger partial charge in [0, 0.05) is 18.0 Å². The smallest absolute Gasteiger partial charge is 0.265 e. The number of ether oxygens (including phenoxy) is 1. The van der Waals surface area contributed by atoms with Gasteiger partial charge in [-0.15, -0.1) is 11.3 Å². The summed E-state index contributed by atoms with van der Waals surface area (Å²) in [7, 11) is 0. The van der Waals surface area contributed by atoms with Crippen molar-refractivity contribution in [2.45, 2.75) is 12.5 Å². The molecule has 4 rings (SSSR count). The van der Waals surface area contributed by atoms with Crippen LogP contribution < -0.4 is 10.3 Å². The molecule has 0 fully saturated rings. The fraction of sp³-hybridized carbons (Fsp3) is 0.125. The average molecular weight is 296 g/mol. The molecule has 3 aromatic rings. The fourth-order valence-corrected chi connectivity index (χ4v) is 3.14. The van der Waals surface area contributed by atoms with Crippen LogP contribution in [-0.4, -0.2) is 15.5 Å². The number of nitrogens with zero attached hydrogens (tertiary/aromatic N) is 2. The van der Waals surface area contributed by atoms with E-state index in [0.717, 1.165) is 5.56 Å². The molecule has 3 heterocycles. The molecule has 0 spiro atoms. The zero-order chi connectivity index (χ0) is 14.2. The van der Waals surface area contributed by atoms with E-state index in [1.807, 2.05) is 47.9 Å². The Balaban J connectivity index is 1.64. The lowest BCUT2D eigenvalue weighted by Gasteiger charge is -2.03. The van der Waals surface area contributed by atoms with Crippen molar-refractivity contribution < 1.29 is 4.74 Å². The summed E-state index contributed by atoms with van der Waals surface area (Å²) in [6.45, 7) is 0. The standard InChI is InChI=1S/C16H12N2O2S/c19-15-13-10-12(7-6-11-4-2-1-3-5-11)20-14(13)17-16-18(15)8-9-21-16/h1-9,12H,10H2/b7-6+. The van der Waals surface area contributed by atoms with Crippen LogP contribution in [0.25, 0.3) is 11.0 Å².